The number of carbonyl (C=O) groups excluding carboxylic acids is 3. The van der Waals surface area contributed by atoms with Crippen LogP contribution in [-0.4, -0.2) is 36.9 Å². The van der Waals surface area contributed by atoms with Gasteiger partial charge in [0.25, 0.3) is 0 Å². The first kappa shape index (κ1) is 14.6. The molecule has 1 heterocycles. The summed E-state index contributed by atoms with van der Waals surface area (Å²) in [6, 6.07) is 9.58. The van der Waals surface area contributed by atoms with Gasteiger partial charge in [-0.25, -0.2) is 0 Å². The molecule has 1 aliphatic carbocycles. The number of nitrogens with one attached hydrogen (secondary N) is 2. The maximum absolute atomic E-state index is 12.1. The zero-order valence-corrected chi connectivity index (χ0v) is 12.2. The number of hydrogen-bond acceptors (Lipinski definition) is 3. The Labute approximate surface area is 128 Å². The molecule has 22 heavy (non-hydrogen) atoms. The second-order valence-corrected chi connectivity index (χ2v) is 5.80. The molecule has 1 aliphatic heterocycles. The van der Waals surface area contributed by atoms with E-state index >= 15 is 0 Å². The lowest BCUT2D eigenvalue weighted by molar-refractivity contribution is -0.129. The Bertz CT molecular complexity index is 584. The topological polar surface area (TPSA) is 78.5 Å². The molecule has 1 aromatic carbocycles. The summed E-state index contributed by atoms with van der Waals surface area (Å²) in [6.45, 7) is 0.338. The quantitative estimate of drug-likeness (QED) is 0.828. The van der Waals surface area contributed by atoms with Crippen molar-refractivity contribution in [1.82, 2.24) is 10.6 Å². The van der Waals surface area contributed by atoms with Crippen LogP contribution in [0.5, 0.6) is 0 Å². The molecule has 6 nitrogen and oxygen atoms in total. The van der Waals surface area contributed by atoms with Crippen LogP contribution >= 0.6 is 0 Å². The zero-order valence-electron chi connectivity index (χ0n) is 12.2. The highest BCUT2D eigenvalue weighted by Gasteiger charge is 2.35. The van der Waals surface area contributed by atoms with Crippen molar-refractivity contribution in [3.05, 3.63) is 30.3 Å². The first-order valence-electron chi connectivity index (χ1n) is 7.56. The van der Waals surface area contributed by atoms with E-state index in [1.807, 2.05) is 30.3 Å². The fourth-order valence-electron chi connectivity index (χ4n) is 2.56. The Morgan fingerprint density at radius 2 is 1.91 bits per heavy atom. The minimum atomic E-state index is -0.401. The van der Waals surface area contributed by atoms with Gasteiger partial charge in [-0.1, -0.05) is 18.2 Å². The van der Waals surface area contributed by atoms with Crippen LogP contribution in [0.4, 0.5) is 5.69 Å². The maximum Gasteiger partial charge on any atom is 0.239 e. The first-order valence-corrected chi connectivity index (χ1v) is 7.56. The van der Waals surface area contributed by atoms with Crippen molar-refractivity contribution in [1.29, 1.82) is 0 Å². The summed E-state index contributed by atoms with van der Waals surface area (Å²) in [5, 5.41) is 5.43. The van der Waals surface area contributed by atoms with Crippen molar-refractivity contribution in [3.8, 4) is 0 Å². The van der Waals surface area contributed by atoms with E-state index in [0.717, 1.165) is 18.5 Å². The fourth-order valence-corrected chi connectivity index (χ4v) is 2.56. The summed E-state index contributed by atoms with van der Waals surface area (Å²) < 4.78 is 0. The number of carbonyl (C=O) groups is 3. The lowest BCUT2D eigenvalue weighted by Gasteiger charge is -2.16. The highest BCUT2D eigenvalue weighted by molar-refractivity contribution is 6.00. The van der Waals surface area contributed by atoms with Gasteiger partial charge in [0.05, 0.1) is 12.5 Å². The lowest BCUT2D eigenvalue weighted by Crippen LogP contribution is -2.40. The molecule has 6 heteroatoms. The van der Waals surface area contributed by atoms with Gasteiger partial charge in [-0.05, 0) is 25.0 Å². The van der Waals surface area contributed by atoms with Gasteiger partial charge < -0.3 is 15.5 Å². The van der Waals surface area contributed by atoms with Gasteiger partial charge >= 0.3 is 0 Å². The molecule has 1 saturated carbocycles. The van der Waals surface area contributed by atoms with E-state index in [-0.39, 0.29) is 36.7 Å². The monoisotopic (exact) mass is 301 g/mol. The van der Waals surface area contributed by atoms with Crippen LogP contribution in [-0.2, 0) is 14.4 Å². The molecule has 0 unspecified atom stereocenters. The van der Waals surface area contributed by atoms with E-state index in [2.05, 4.69) is 10.6 Å². The third-order valence-electron chi connectivity index (χ3n) is 3.93. The molecule has 3 rings (SSSR count). The van der Waals surface area contributed by atoms with Gasteiger partial charge in [0.1, 0.15) is 0 Å². The Morgan fingerprint density at radius 1 is 1.18 bits per heavy atom. The summed E-state index contributed by atoms with van der Waals surface area (Å²) >= 11 is 0. The molecular weight excluding hydrogens is 282 g/mol. The summed E-state index contributed by atoms with van der Waals surface area (Å²) in [5.41, 5.74) is 0.800. The molecule has 2 aliphatic rings. The summed E-state index contributed by atoms with van der Waals surface area (Å²) in [6.07, 6.45) is 2.22. The van der Waals surface area contributed by atoms with Crippen LogP contribution in [0.15, 0.2) is 30.3 Å². The van der Waals surface area contributed by atoms with Gasteiger partial charge in [-0.2, -0.15) is 0 Å². The smallest absolute Gasteiger partial charge is 0.239 e. The van der Waals surface area contributed by atoms with Crippen LogP contribution in [0.2, 0.25) is 0 Å². The summed E-state index contributed by atoms with van der Waals surface area (Å²) in [7, 11) is 0. The number of rotatable bonds is 5. The molecule has 0 bridgehead atoms. The SMILES string of the molecule is O=C(CNC(=O)[C@@H]1CC(=O)N(c2ccccc2)C1)NC1CC1. The maximum atomic E-state index is 12.1. The van der Waals surface area contributed by atoms with E-state index in [1.165, 1.54) is 0 Å². The third kappa shape index (κ3) is 3.44. The summed E-state index contributed by atoms with van der Waals surface area (Å²) in [5.74, 6) is -0.868. The highest BCUT2D eigenvalue weighted by atomic mass is 16.2. The first-order chi connectivity index (χ1) is 10.6. The summed E-state index contributed by atoms with van der Waals surface area (Å²) in [4.78, 5) is 37.3. The molecule has 0 radical (unpaired) electrons. The number of nitrogens with zero attached hydrogens (tertiary/aromatic N) is 1. The standard InChI is InChI=1S/C16H19N3O3/c20-14(18-12-6-7-12)9-17-16(22)11-8-15(21)19(10-11)13-4-2-1-3-5-13/h1-5,11-12H,6-10H2,(H,17,22)(H,18,20)/t11-/m1/s1. The molecule has 2 fully saturated rings. The molecule has 3 amide bonds. The van der Waals surface area contributed by atoms with Crippen LogP contribution < -0.4 is 15.5 Å². The Balaban J connectivity index is 1.51. The number of anilines is 1. The highest BCUT2D eigenvalue weighted by Crippen LogP contribution is 2.24. The Kier molecular flexibility index (Phi) is 4.09. The molecule has 0 aromatic heterocycles. The van der Waals surface area contributed by atoms with Gasteiger partial charge in [-0.15, -0.1) is 0 Å². The van der Waals surface area contributed by atoms with Crippen molar-refractivity contribution in [2.75, 3.05) is 18.0 Å². The average molecular weight is 301 g/mol. The van der Waals surface area contributed by atoms with Crippen molar-refractivity contribution >= 4 is 23.4 Å². The Morgan fingerprint density at radius 3 is 2.59 bits per heavy atom. The van der Waals surface area contributed by atoms with Crippen LogP contribution in [0.25, 0.3) is 0 Å². The predicted octanol–water partition coefficient (Wildman–Crippen LogP) is 0.434. The van der Waals surface area contributed by atoms with Crippen LogP contribution in [0.3, 0.4) is 0 Å². The van der Waals surface area contributed by atoms with Gasteiger partial charge in [-0.3, -0.25) is 14.4 Å². The molecule has 0 spiro atoms. The minimum Gasteiger partial charge on any atom is -0.352 e. The van der Waals surface area contributed by atoms with Gasteiger partial charge in [0.2, 0.25) is 17.7 Å². The van der Waals surface area contributed by atoms with Gasteiger partial charge in [0.15, 0.2) is 0 Å². The molecule has 1 aromatic rings. The van der Waals surface area contributed by atoms with Crippen molar-refractivity contribution < 1.29 is 14.4 Å². The minimum absolute atomic E-state index is 0.0225. The molecule has 1 atom stereocenters. The van der Waals surface area contributed by atoms with E-state index in [4.69, 9.17) is 0 Å². The molecular formula is C16H19N3O3. The van der Waals surface area contributed by atoms with Gasteiger partial charge in [0, 0.05) is 24.7 Å². The predicted molar refractivity (Wildman–Crippen MR) is 81.1 cm³/mol. The normalized spacial score (nSPS) is 20.8. The van der Waals surface area contributed by atoms with Crippen LogP contribution in [0, 0.1) is 5.92 Å². The van der Waals surface area contributed by atoms with Crippen molar-refractivity contribution in [2.24, 2.45) is 5.92 Å². The van der Waals surface area contributed by atoms with E-state index < -0.39 is 5.92 Å². The van der Waals surface area contributed by atoms with Crippen molar-refractivity contribution in [2.45, 2.75) is 25.3 Å². The van der Waals surface area contributed by atoms with E-state index in [0.29, 0.717) is 6.54 Å². The molecule has 116 valence electrons. The average Bonchev–Trinajstić information content (AvgIpc) is 3.25. The second-order valence-electron chi connectivity index (χ2n) is 5.80. The Hall–Kier alpha value is -2.37. The third-order valence-corrected chi connectivity index (χ3v) is 3.93. The second kappa shape index (κ2) is 6.17. The number of para-hydroxylation sites is 1. The molecule has 1 saturated heterocycles. The van der Waals surface area contributed by atoms with E-state index in [9.17, 15) is 14.4 Å². The fraction of sp³-hybridized carbons (Fsp3) is 0.438. The largest absolute Gasteiger partial charge is 0.352 e. The van der Waals surface area contributed by atoms with Crippen LogP contribution in [0.1, 0.15) is 19.3 Å². The molecule has 2 N–H and O–H groups in total. The van der Waals surface area contributed by atoms with Crippen molar-refractivity contribution in [3.63, 3.8) is 0 Å². The number of amides is 3. The number of hydrogen-bond donors (Lipinski definition) is 2. The zero-order chi connectivity index (χ0) is 15.5. The van der Waals surface area contributed by atoms with E-state index in [1.54, 1.807) is 4.90 Å². The number of benzene rings is 1. The lowest BCUT2D eigenvalue weighted by atomic mass is 10.1.